The molecule has 0 unspecified atom stereocenters. The summed E-state index contributed by atoms with van der Waals surface area (Å²) >= 11 is 0. The molecule has 2 aromatic carbocycles. The first-order valence-electron chi connectivity index (χ1n) is 6.27. The van der Waals surface area contributed by atoms with E-state index in [4.69, 9.17) is 5.26 Å². The van der Waals surface area contributed by atoms with Gasteiger partial charge in [-0.1, -0.05) is 12.1 Å². The van der Waals surface area contributed by atoms with Gasteiger partial charge in [-0.15, -0.1) is 0 Å². The average molecular weight is 265 g/mol. The van der Waals surface area contributed by atoms with Crippen LogP contribution in [-0.2, 0) is 13.5 Å². The molecule has 0 amide bonds. The number of aromatic nitrogens is 2. The summed E-state index contributed by atoms with van der Waals surface area (Å²) in [5, 5.41) is 8.91. The van der Waals surface area contributed by atoms with Crippen molar-refractivity contribution < 1.29 is 4.39 Å². The zero-order valence-electron chi connectivity index (χ0n) is 11.0. The first-order chi connectivity index (χ1) is 9.67. The van der Waals surface area contributed by atoms with Crippen molar-refractivity contribution in [2.75, 3.05) is 0 Å². The van der Waals surface area contributed by atoms with Gasteiger partial charge in [0, 0.05) is 13.5 Å². The Bertz CT molecular complexity index is 827. The number of hydrogen-bond acceptors (Lipinski definition) is 2. The van der Waals surface area contributed by atoms with Crippen LogP contribution >= 0.6 is 0 Å². The maximum atomic E-state index is 13.2. The Morgan fingerprint density at radius 1 is 1.25 bits per heavy atom. The third-order valence-electron chi connectivity index (χ3n) is 3.35. The van der Waals surface area contributed by atoms with Crippen LogP contribution in [0.1, 0.15) is 17.0 Å². The standard InChI is InChI=1S/C16H12FN3/c1-20-15-6-5-12(10-18)8-14(15)19-16(20)9-11-3-2-4-13(17)7-11/h2-8H,9H2,1H3. The van der Waals surface area contributed by atoms with Gasteiger partial charge in [-0.3, -0.25) is 0 Å². The van der Waals surface area contributed by atoms with E-state index in [0.29, 0.717) is 12.0 Å². The zero-order valence-corrected chi connectivity index (χ0v) is 11.0. The third kappa shape index (κ3) is 2.14. The second kappa shape index (κ2) is 4.78. The number of imidazole rings is 1. The van der Waals surface area contributed by atoms with Gasteiger partial charge in [-0.25, -0.2) is 9.37 Å². The van der Waals surface area contributed by atoms with Crippen LogP contribution in [0, 0.1) is 17.1 Å². The minimum atomic E-state index is -0.243. The lowest BCUT2D eigenvalue weighted by Gasteiger charge is -2.02. The zero-order chi connectivity index (χ0) is 14.1. The van der Waals surface area contributed by atoms with Gasteiger partial charge in [0.2, 0.25) is 0 Å². The molecular weight excluding hydrogens is 253 g/mol. The molecule has 0 N–H and O–H groups in total. The van der Waals surface area contributed by atoms with Crippen molar-refractivity contribution in [3.63, 3.8) is 0 Å². The first-order valence-corrected chi connectivity index (χ1v) is 6.27. The number of hydrogen-bond donors (Lipinski definition) is 0. The van der Waals surface area contributed by atoms with Crippen LogP contribution < -0.4 is 0 Å². The van der Waals surface area contributed by atoms with Crippen molar-refractivity contribution >= 4 is 11.0 Å². The van der Waals surface area contributed by atoms with Crippen LogP contribution in [0.15, 0.2) is 42.5 Å². The fraction of sp³-hybridized carbons (Fsp3) is 0.125. The van der Waals surface area contributed by atoms with Crippen LogP contribution in [-0.4, -0.2) is 9.55 Å². The number of rotatable bonds is 2. The minimum Gasteiger partial charge on any atom is -0.331 e. The van der Waals surface area contributed by atoms with Crippen LogP contribution in [0.5, 0.6) is 0 Å². The fourth-order valence-electron chi connectivity index (χ4n) is 2.31. The molecule has 0 aliphatic rings. The molecule has 1 aromatic heterocycles. The molecule has 0 fully saturated rings. The summed E-state index contributed by atoms with van der Waals surface area (Å²) in [6.07, 6.45) is 0.560. The molecule has 20 heavy (non-hydrogen) atoms. The molecule has 0 saturated carbocycles. The summed E-state index contributed by atoms with van der Waals surface area (Å²) < 4.78 is 15.2. The third-order valence-corrected chi connectivity index (χ3v) is 3.35. The van der Waals surface area contributed by atoms with Gasteiger partial charge in [-0.05, 0) is 35.9 Å². The van der Waals surface area contributed by atoms with Crippen molar-refractivity contribution in [1.82, 2.24) is 9.55 Å². The summed E-state index contributed by atoms with van der Waals surface area (Å²) in [4.78, 5) is 4.54. The van der Waals surface area contributed by atoms with Gasteiger partial charge in [0.1, 0.15) is 11.6 Å². The molecular formula is C16H12FN3. The SMILES string of the molecule is Cn1c(Cc2cccc(F)c2)nc2cc(C#N)ccc21. The van der Waals surface area contributed by atoms with E-state index >= 15 is 0 Å². The van der Waals surface area contributed by atoms with E-state index in [2.05, 4.69) is 11.1 Å². The second-order valence-corrected chi connectivity index (χ2v) is 4.71. The van der Waals surface area contributed by atoms with E-state index in [9.17, 15) is 4.39 Å². The molecule has 0 aliphatic carbocycles. The Morgan fingerprint density at radius 3 is 2.85 bits per heavy atom. The summed E-state index contributed by atoms with van der Waals surface area (Å²) in [6.45, 7) is 0. The Morgan fingerprint density at radius 2 is 2.10 bits per heavy atom. The average Bonchev–Trinajstić information content (AvgIpc) is 2.75. The number of fused-ring (bicyclic) bond motifs is 1. The predicted molar refractivity (Wildman–Crippen MR) is 74.6 cm³/mol. The van der Waals surface area contributed by atoms with Crippen LogP contribution in [0.2, 0.25) is 0 Å². The van der Waals surface area contributed by atoms with Crippen molar-refractivity contribution in [1.29, 1.82) is 5.26 Å². The van der Waals surface area contributed by atoms with Gasteiger partial charge in [0.25, 0.3) is 0 Å². The van der Waals surface area contributed by atoms with E-state index in [1.165, 1.54) is 12.1 Å². The Hall–Kier alpha value is -2.67. The Kier molecular flexibility index (Phi) is 2.96. The molecule has 3 aromatic rings. The topological polar surface area (TPSA) is 41.6 Å². The molecule has 1 heterocycles. The monoisotopic (exact) mass is 265 g/mol. The molecule has 0 spiro atoms. The largest absolute Gasteiger partial charge is 0.331 e. The molecule has 98 valence electrons. The Labute approximate surface area is 115 Å². The highest BCUT2D eigenvalue weighted by Crippen LogP contribution is 2.19. The molecule has 0 radical (unpaired) electrons. The van der Waals surface area contributed by atoms with Gasteiger partial charge in [-0.2, -0.15) is 5.26 Å². The quantitative estimate of drug-likeness (QED) is 0.714. The highest BCUT2D eigenvalue weighted by Gasteiger charge is 2.09. The summed E-state index contributed by atoms with van der Waals surface area (Å²) in [5.74, 6) is 0.605. The molecule has 0 aliphatic heterocycles. The van der Waals surface area contributed by atoms with Crippen LogP contribution in [0.3, 0.4) is 0 Å². The minimum absolute atomic E-state index is 0.243. The highest BCUT2D eigenvalue weighted by molar-refractivity contribution is 5.77. The number of nitriles is 1. The van der Waals surface area contributed by atoms with E-state index in [1.54, 1.807) is 18.2 Å². The molecule has 0 saturated heterocycles. The van der Waals surface area contributed by atoms with E-state index in [1.807, 2.05) is 23.7 Å². The maximum Gasteiger partial charge on any atom is 0.123 e. The maximum absolute atomic E-state index is 13.2. The lowest BCUT2D eigenvalue weighted by atomic mass is 10.1. The van der Waals surface area contributed by atoms with Crippen molar-refractivity contribution in [2.24, 2.45) is 7.05 Å². The first kappa shape index (κ1) is 12.4. The van der Waals surface area contributed by atoms with E-state index in [0.717, 1.165) is 22.4 Å². The molecule has 3 rings (SSSR count). The number of aryl methyl sites for hydroxylation is 1. The van der Waals surface area contributed by atoms with Crippen molar-refractivity contribution in [3.8, 4) is 6.07 Å². The van der Waals surface area contributed by atoms with Crippen LogP contribution in [0.25, 0.3) is 11.0 Å². The van der Waals surface area contributed by atoms with Gasteiger partial charge < -0.3 is 4.57 Å². The number of halogens is 1. The summed E-state index contributed by atoms with van der Waals surface area (Å²) in [5.41, 5.74) is 3.23. The number of benzene rings is 2. The molecule has 4 heteroatoms. The van der Waals surface area contributed by atoms with Crippen molar-refractivity contribution in [3.05, 3.63) is 65.2 Å². The summed E-state index contributed by atoms with van der Waals surface area (Å²) in [6, 6.07) is 14.0. The lowest BCUT2D eigenvalue weighted by Crippen LogP contribution is -1.99. The van der Waals surface area contributed by atoms with Gasteiger partial charge >= 0.3 is 0 Å². The van der Waals surface area contributed by atoms with Gasteiger partial charge in [0.05, 0.1) is 22.7 Å². The number of nitrogens with zero attached hydrogens (tertiary/aromatic N) is 3. The highest BCUT2D eigenvalue weighted by atomic mass is 19.1. The van der Waals surface area contributed by atoms with E-state index in [-0.39, 0.29) is 5.82 Å². The van der Waals surface area contributed by atoms with Crippen molar-refractivity contribution in [2.45, 2.75) is 6.42 Å². The molecule has 0 bridgehead atoms. The Balaban J connectivity index is 2.04. The van der Waals surface area contributed by atoms with E-state index < -0.39 is 0 Å². The van der Waals surface area contributed by atoms with Crippen LogP contribution in [0.4, 0.5) is 4.39 Å². The normalized spacial score (nSPS) is 10.7. The predicted octanol–water partition coefficient (Wildman–Crippen LogP) is 3.17. The summed E-state index contributed by atoms with van der Waals surface area (Å²) in [7, 11) is 1.93. The van der Waals surface area contributed by atoms with Gasteiger partial charge in [0.15, 0.2) is 0 Å². The molecule has 3 nitrogen and oxygen atoms in total. The molecule has 0 atom stereocenters. The smallest absolute Gasteiger partial charge is 0.123 e. The second-order valence-electron chi connectivity index (χ2n) is 4.71. The lowest BCUT2D eigenvalue weighted by molar-refractivity contribution is 0.625. The fourth-order valence-corrected chi connectivity index (χ4v) is 2.31.